The van der Waals surface area contributed by atoms with Crippen LogP contribution in [0.4, 0.5) is 0 Å². The molecule has 17 heavy (non-hydrogen) atoms. The lowest BCUT2D eigenvalue weighted by atomic mass is 10.2. The molecule has 88 valence electrons. The number of hydrogen-bond acceptors (Lipinski definition) is 3. The number of halogens is 1. The quantitative estimate of drug-likeness (QED) is 0.777. The number of nitrogens with zero attached hydrogens (tertiary/aromatic N) is 1. The highest BCUT2D eigenvalue weighted by Crippen LogP contribution is 2.21. The number of aromatic hydroxyl groups is 1. The zero-order valence-electron chi connectivity index (χ0n) is 8.77. The zero-order chi connectivity index (χ0) is 12.3. The number of amides is 1. The van der Waals surface area contributed by atoms with E-state index in [1.807, 2.05) is 0 Å². The molecular weight excluding hydrogens is 242 g/mol. The number of nitrogens with one attached hydrogen (secondary N) is 2. The standard InChI is InChI=1S/C11H10ClN3O2/c12-7-1-2-9(16)8(5-7)11(17)15-6-10-13-3-4-14-10/h1-5,16H,6H2,(H,13,14)(H,15,17). The molecule has 1 aromatic heterocycles. The molecule has 0 unspecified atom stereocenters. The number of aromatic nitrogens is 2. The van der Waals surface area contributed by atoms with Gasteiger partial charge < -0.3 is 15.4 Å². The van der Waals surface area contributed by atoms with E-state index in [9.17, 15) is 9.90 Å². The molecule has 0 saturated carbocycles. The molecule has 0 aliphatic heterocycles. The van der Waals surface area contributed by atoms with E-state index in [0.717, 1.165) is 0 Å². The minimum absolute atomic E-state index is 0.105. The number of H-pyrrole nitrogens is 1. The number of aromatic amines is 1. The Morgan fingerprint density at radius 2 is 2.35 bits per heavy atom. The van der Waals surface area contributed by atoms with Crippen LogP contribution >= 0.6 is 11.6 Å². The van der Waals surface area contributed by atoms with Gasteiger partial charge in [-0.15, -0.1) is 0 Å². The van der Waals surface area contributed by atoms with Crippen molar-refractivity contribution in [3.05, 3.63) is 47.0 Å². The first-order chi connectivity index (χ1) is 8.16. The Bertz CT molecular complexity index is 526. The summed E-state index contributed by atoms with van der Waals surface area (Å²) in [5.74, 6) is 0.132. The first-order valence-corrected chi connectivity index (χ1v) is 5.29. The van der Waals surface area contributed by atoms with Crippen LogP contribution in [0.5, 0.6) is 5.75 Å². The van der Waals surface area contributed by atoms with E-state index < -0.39 is 5.91 Å². The summed E-state index contributed by atoms with van der Waals surface area (Å²) in [6.45, 7) is 0.262. The van der Waals surface area contributed by atoms with E-state index in [0.29, 0.717) is 10.8 Å². The minimum Gasteiger partial charge on any atom is -0.507 e. The van der Waals surface area contributed by atoms with Crippen LogP contribution in [-0.2, 0) is 6.54 Å². The number of carbonyl (C=O) groups excluding carboxylic acids is 1. The van der Waals surface area contributed by atoms with Gasteiger partial charge in [0.15, 0.2) is 0 Å². The molecule has 0 radical (unpaired) electrons. The molecular formula is C11H10ClN3O2. The number of hydrogen-bond donors (Lipinski definition) is 3. The molecule has 6 heteroatoms. The highest BCUT2D eigenvalue weighted by molar-refractivity contribution is 6.31. The Morgan fingerprint density at radius 1 is 1.53 bits per heavy atom. The van der Waals surface area contributed by atoms with Crippen molar-refractivity contribution < 1.29 is 9.90 Å². The predicted molar refractivity (Wildman–Crippen MR) is 62.9 cm³/mol. The third kappa shape index (κ3) is 2.76. The molecule has 0 bridgehead atoms. The largest absolute Gasteiger partial charge is 0.507 e. The number of phenolic OH excluding ortho intramolecular Hbond substituents is 1. The molecule has 0 fully saturated rings. The van der Waals surface area contributed by atoms with Gasteiger partial charge in [-0.25, -0.2) is 4.98 Å². The highest BCUT2D eigenvalue weighted by atomic mass is 35.5. The van der Waals surface area contributed by atoms with Gasteiger partial charge in [-0.3, -0.25) is 4.79 Å². The SMILES string of the molecule is O=C(NCc1ncc[nH]1)c1cc(Cl)ccc1O. The number of phenols is 1. The number of benzene rings is 1. The third-order valence-corrected chi connectivity index (χ3v) is 2.41. The molecule has 0 aliphatic rings. The number of rotatable bonds is 3. The maximum Gasteiger partial charge on any atom is 0.255 e. The molecule has 2 aromatic rings. The van der Waals surface area contributed by atoms with Crippen LogP contribution in [0.15, 0.2) is 30.6 Å². The van der Waals surface area contributed by atoms with E-state index in [4.69, 9.17) is 11.6 Å². The summed E-state index contributed by atoms with van der Waals surface area (Å²) >= 11 is 5.75. The maximum atomic E-state index is 11.7. The van der Waals surface area contributed by atoms with Gasteiger partial charge in [0.2, 0.25) is 0 Å². The Morgan fingerprint density at radius 3 is 3.06 bits per heavy atom. The van der Waals surface area contributed by atoms with Gasteiger partial charge in [-0.05, 0) is 18.2 Å². The summed E-state index contributed by atoms with van der Waals surface area (Å²) in [6, 6.07) is 4.30. The van der Waals surface area contributed by atoms with Crippen molar-refractivity contribution in [2.45, 2.75) is 6.54 Å². The van der Waals surface area contributed by atoms with Crippen molar-refractivity contribution in [2.75, 3.05) is 0 Å². The van der Waals surface area contributed by atoms with Crippen LogP contribution in [0.25, 0.3) is 0 Å². The normalized spacial score (nSPS) is 10.2. The second kappa shape index (κ2) is 4.88. The van der Waals surface area contributed by atoms with Gasteiger partial charge in [-0.1, -0.05) is 11.6 Å². The molecule has 0 spiro atoms. The van der Waals surface area contributed by atoms with Crippen LogP contribution in [0.2, 0.25) is 5.02 Å². The highest BCUT2D eigenvalue weighted by Gasteiger charge is 2.11. The van der Waals surface area contributed by atoms with Crippen LogP contribution in [0.1, 0.15) is 16.2 Å². The lowest BCUT2D eigenvalue weighted by molar-refractivity contribution is 0.0947. The summed E-state index contributed by atoms with van der Waals surface area (Å²) in [6.07, 6.45) is 3.26. The first kappa shape index (κ1) is 11.5. The van der Waals surface area contributed by atoms with Crippen molar-refractivity contribution in [3.63, 3.8) is 0 Å². The van der Waals surface area contributed by atoms with Gasteiger partial charge in [0.25, 0.3) is 5.91 Å². The van der Waals surface area contributed by atoms with E-state index in [1.54, 1.807) is 12.4 Å². The van der Waals surface area contributed by atoms with Gasteiger partial charge in [-0.2, -0.15) is 0 Å². The molecule has 1 aromatic carbocycles. The van der Waals surface area contributed by atoms with Gasteiger partial charge in [0, 0.05) is 17.4 Å². The van der Waals surface area contributed by atoms with Crippen molar-refractivity contribution in [1.29, 1.82) is 0 Å². The van der Waals surface area contributed by atoms with Crippen LogP contribution < -0.4 is 5.32 Å². The number of carbonyl (C=O) groups is 1. The summed E-state index contributed by atoms with van der Waals surface area (Å²) in [5.41, 5.74) is 0.143. The van der Waals surface area contributed by atoms with Crippen LogP contribution in [-0.4, -0.2) is 21.0 Å². The van der Waals surface area contributed by atoms with Crippen LogP contribution in [0, 0.1) is 0 Å². The minimum atomic E-state index is -0.401. The van der Waals surface area contributed by atoms with E-state index in [-0.39, 0.29) is 17.9 Å². The Hall–Kier alpha value is -2.01. The summed E-state index contributed by atoms with van der Waals surface area (Å²) in [5, 5.41) is 12.5. The summed E-state index contributed by atoms with van der Waals surface area (Å²) in [7, 11) is 0. The van der Waals surface area contributed by atoms with Gasteiger partial charge >= 0.3 is 0 Å². The Balaban J connectivity index is 2.07. The second-order valence-corrected chi connectivity index (χ2v) is 3.82. The summed E-state index contributed by atoms with van der Waals surface area (Å²) in [4.78, 5) is 18.6. The molecule has 1 heterocycles. The average Bonchev–Trinajstić information content (AvgIpc) is 2.82. The van der Waals surface area contributed by atoms with Crippen molar-refractivity contribution in [2.24, 2.45) is 0 Å². The fourth-order valence-corrected chi connectivity index (χ4v) is 1.52. The smallest absolute Gasteiger partial charge is 0.255 e. The molecule has 5 nitrogen and oxygen atoms in total. The molecule has 3 N–H and O–H groups in total. The number of imidazole rings is 1. The predicted octanol–water partition coefficient (Wildman–Crippen LogP) is 1.70. The average molecular weight is 252 g/mol. The van der Waals surface area contributed by atoms with E-state index >= 15 is 0 Å². The van der Waals surface area contributed by atoms with Gasteiger partial charge in [0.1, 0.15) is 11.6 Å². The molecule has 0 aliphatic carbocycles. The lowest BCUT2D eigenvalue weighted by Gasteiger charge is -2.05. The fourth-order valence-electron chi connectivity index (χ4n) is 1.34. The van der Waals surface area contributed by atoms with E-state index in [1.165, 1.54) is 18.2 Å². The molecule has 0 saturated heterocycles. The van der Waals surface area contributed by atoms with E-state index in [2.05, 4.69) is 15.3 Å². The third-order valence-electron chi connectivity index (χ3n) is 2.17. The van der Waals surface area contributed by atoms with Crippen molar-refractivity contribution in [3.8, 4) is 5.75 Å². The van der Waals surface area contributed by atoms with Crippen LogP contribution in [0.3, 0.4) is 0 Å². The Kier molecular flexibility index (Phi) is 3.30. The van der Waals surface area contributed by atoms with Crippen molar-refractivity contribution in [1.82, 2.24) is 15.3 Å². The monoisotopic (exact) mass is 251 g/mol. The molecule has 1 amide bonds. The zero-order valence-corrected chi connectivity index (χ0v) is 9.53. The lowest BCUT2D eigenvalue weighted by Crippen LogP contribution is -2.23. The topological polar surface area (TPSA) is 78.0 Å². The Labute approximate surface area is 102 Å². The first-order valence-electron chi connectivity index (χ1n) is 4.92. The maximum absolute atomic E-state index is 11.7. The fraction of sp³-hybridized carbons (Fsp3) is 0.0909. The van der Waals surface area contributed by atoms with Gasteiger partial charge in [0.05, 0.1) is 12.1 Å². The van der Waals surface area contributed by atoms with Crippen molar-refractivity contribution >= 4 is 17.5 Å². The molecule has 2 rings (SSSR count). The second-order valence-electron chi connectivity index (χ2n) is 3.38. The summed E-state index contributed by atoms with van der Waals surface area (Å²) < 4.78 is 0. The molecule has 0 atom stereocenters.